The Labute approximate surface area is 190 Å². The summed E-state index contributed by atoms with van der Waals surface area (Å²) in [6.07, 6.45) is 4.14. The number of hydrogen-bond acceptors (Lipinski definition) is 7. The van der Waals surface area contributed by atoms with Gasteiger partial charge in [0.05, 0.1) is 22.5 Å². The molecule has 3 N–H and O–H groups in total. The number of hydrogen-bond donors (Lipinski definition) is 3. The van der Waals surface area contributed by atoms with Crippen LogP contribution in [-0.4, -0.2) is 43.0 Å². The molecule has 1 aliphatic rings. The SMILES string of the molecule is Cc1ccccc1[S+]([O-])N1CCC(Nc2ncc(C(=O)NO)cn2)(c2ccccc2)CC1. The average Bonchev–Trinajstić information content (AvgIpc) is 2.85. The number of hydroxylamine groups is 1. The van der Waals surface area contributed by atoms with Crippen molar-refractivity contribution in [1.82, 2.24) is 19.8 Å². The summed E-state index contributed by atoms with van der Waals surface area (Å²) >= 11 is -1.22. The van der Waals surface area contributed by atoms with Crippen molar-refractivity contribution in [3.05, 3.63) is 83.7 Å². The van der Waals surface area contributed by atoms with E-state index in [0.29, 0.717) is 31.9 Å². The third-order valence-corrected chi connectivity index (χ3v) is 7.45. The van der Waals surface area contributed by atoms with E-state index in [1.54, 1.807) is 5.48 Å². The van der Waals surface area contributed by atoms with E-state index in [1.165, 1.54) is 12.4 Å². The van der Waals surface area contributed by atoms with E-state index in [-0.39, 0.29) is 5.56 Å². The molecule has 8 nitrogen and oxygen atoms in total. The van der Waals surface area contributed by atoms with Crippen LogP contribution in [0.2, 0.25) is 0 Å². The maximum Gasteiger partial charge on any atom is 0.277 e. The molecular formula is C23H25N5O3S. The number of anilines is 1. The van der Waals surface area contributed by atoms with Gasteiger partial charge in [-0.3, -0.25) is 10.0 Å². The molecule has 0 saturated carbocycles. The maximum atomic E-state index is 13.2. The minimum Gasteiger partial charge on any atom is -0.593 e. The van der Waals surface area contributed by atoms with E-state index in [0.717, 1.165) is 16.0 Å². The highest BCUT2D eigenvalue weighted by Gasteiger charge is 2.40. The van der Waals surface area contributed by atoms with Gasteiger partial charge < -0.3 is 9.87 Å². The van der Waals surface area contributed by atoms with Crippen molar-refractivity contribution in [2.45, 2.75) is 30.2 Å². The number of piperidine rings is 1. The molecule has 1 atom stereocenters. The molecule has 1 aliphatic heterocycles. The van der Waals surface area contributed by atoms with Crippen LogP contribution in [-0.2, 0) is 16.9 Å². The lowest BCUT2D eigenvalue weighted by atomic mass is 9.81. The normalized spacial score (nSPS) is 16.8. The Morgan fingerprint density at radius 2 is 1.69 bits per heavy atom. The van der Waals surface area contributed by atoms with Crippen molar-refractivity contribution in [2.24, 2.45) is 0 Å². The molecule has 2 heterocycles. The minimum atomic E-state index is -1.22. The number of benzene rings is 2. The van der Waals surface area contributed by atoms with E-state index in [4.69, 9.17) is 5.21 Å². The summed E-state index contributed by atoms with van der Waals surface area (Å²) in [6.45, 7) is 3.24. The summed E-state index contributed by atoms with van der Waals surface area (Å²) in [5.74, 6) is -0.280. The van der Waals surface area contributed by atoms with Crippen LogP contribution in [0.5, 0.6) is 0 Å². The van der Waals surface area contributed by atoms with Gasteiger partial charge in [0.15, 0.2) is 4.90 Å². The molecule has 0 radical (unpaired) electrons. The fourth-order valence-corrected chi connectivity index (χ4v) is 5.29. The number of nitrogens with one attached hydrogen (secondary N) is 2. The van der Waals surface area contributed by atoms with Gasteiger partial charge >= 0.3 is 0 Å². The number of carbonyl (C=O) groups excluding carboxylic acids is 1. The van der Waals surface area contributed by atoms with Crippen molar-refractivity contribution >= 4 is 23.2 Å². The third-order valence-electron chi connectivity index (χ3n) is 5.79. The fraction of sp³-hybridized carbons (Fsp3) is 0.261. The number of carbonyl (C=O) groups is 1. The molecule has 0 aliphatic carbocycles. The van der Waals surface area contributed by atoms with Gasteiger partial charge in [-0.05, 0) is 31.4 Å². The highest BCUT2D eigenvalue weighted by molar-refractivity contribution is 7.89. The van der Waals surface area contributed by atoms with Crippen LogP contribution in [0.25, 0.3) is 0 Å². The maximum absolute atomic E-state index is 13.2. The standard InChI is InChI=1S/C23H25N5O3S/c1-17-7-5-6-10-20(17)32(31)28-13-11-23(12-14-28,19-8-3-2-4-9-19)26-22-24-15-18(16-25-22)21(29)27-30/h2-10,15-16,30H,11-14H2,1H3,(H,27,29)(H,24,25,26). The van der Waals surface area contributed by atoms with Crippen LogP contribution < -0.4 is 10.8 Å². The van der Waals surface area contributed by atoms with Crippen molar-refractivity contribution < 1.29 is 14.6 Å². The van der Waals surface area contributed by atoms with Crippen molar-refractivity contribution in [1.29, 1.82) is 0 Å². The first-order chi connectivity index (χ1) is 15.5. The summed E-state index contributed by atoms with van der Waals surface area (Å²) in [7, 11) is 0. The lowest BCUT2D eigenvalue weighted by Crippen LogP contribution is -2.49. The molecule has 32 heavy (non-hydrogen) atoms. The Morgan fingerprint density at radius 3 is 2.31 bits per heavy atom. The first kappa shape index (κ1) is 22.2. The van der Waals surface area contributed by atoms with Gasteiger partial charge in [0, 0.05) is 31.0 Å². The van der Waals surface area contributed by atoms with E-state index in [9.17, 15) is 9.35 Å². The lowest BCUT2D eigenvalue weighted by molar-refractivity contribution is 0.0705. The highest BCUT2D eigenvalue weighted by Crippen LogP contribution is 2.37. The van der Waals surface area contributed by atoms with Crippen LogP contribution in [0.1, 0.15) is 34.3 Å². The molecule has 1 unspecified atom stereocenters. The zero-order valence-electron chi connectivity index (χ0n) is 17.7. The average molecular weight is 452 g/mol. The van der Waals surface area contributed by atoms with Gasteiger partial charge in [-0.1, -0.05) is 48.5 Å². The fourth-order valence-electron chi connectivity index (χ4n) is 3.96. The van der Waals surface area contributed by atoms with Gasteiger partial charge in [-0.2, -0.15) is 0 Å². The highest BCUT2D eigenvalue weighted by atomic mass is 32.2. The molecule has 1 amide bonds. The van der Waals surface area contributed by atoms with E-state index in [2.05, 4.69) is 27.4 Å². The van der Waals surface area contributed by atoms with Gasteiger partial charge in [0.1, 0.15) is 0 Å². The number of aromatic nitrogens is 2. The monoisotopic (exact) mass is 451 g/mol. The van der Waals surface area contributed by atoms with Crippen LogP contribution in [0, 0.1) is 6.92 Å². The summed E-state index contributed by atoms with van der Waals surface area (Å²) in [6, 6.07) is 17.8. The Hall–Kier alpha value is -2.98. The Kier molecular flexibility index (Phi) is 6.71. The minimum absolute atomic E-state index is 0.162. The van der Waals surface area contributed by atoms with Crippen LogP contribution in [0.15, 0.2) is 71.9 Å². The van der Waals surface area contributed by atoms with E-state index in [1.807, 2.05) is 53.7 Å². The second-order valence-corrected chi connectivity index (χ2v) is 9.21. The number of rotatable bonds is 6. The molecule has 0 spiro atoms. The van der Waals surface area contributed by atoms with Gasteiger partial charge in [-0.15, -0.1) is 4.31 Å². The van der Waals surface area contributed by atoms with E-state index < -0.39 is 22.8 Å². The zero-order valence-corrected chi connectivity index (χ0v) is 18.5. The number of amides is 1. The molecule has 1 aromatic heterocycles. The largest absolute Gasteiger partial charge is 0.593 e. The second kappa shape index (κ2) is 9.66. The van der Waals surface area contributed by atoms with Crippen LogP contribution >= 0.6 is 0 Å². The number of aryl methyl sites for hydroxylation is 1. The van der Waals surface area contributed by atoms with Crippen molar-refractivity contribution in [3.8, 4) is 0 Å². The van der Waals surface area contributed by atoms with Crippen molar-refractivity contribution in [2.75, 3.05) is 18.4 Å². The molecule has 9 heteroatoms. The Bertz CT molecular complexity index is 1060. The summed E-state index contributed by atoms with van der Waals surface area (Å²) < 4.78 is 15.2. The van der Waals surface area contributed by atoms with Crippen molar-refractivity contribution in [3.63, 3.8) is 0 Å². The first-order valence-corrected chi connectivity index (χ1v) is 11.5. The van der Waals surface area contributed by atoms with Crippen LogP contribution in [0.3, 0.4) is 0 Å². The summed E-state index contributed by atoms with van der Waals surface area (Å²) in [4.78, 5) is 20.9. The summed E-state index contributed by atoms with van der Waals surface area (Å²) in [5.41, 5.74) is 3.42. The Morgan fingerprint density at radius 1 is 1.06 bits per heavy atom. The smallest absolute Gasteiger partial charge is 0.277 e. The molecular weight excluding hydrogens is 426 g/mol. The van der Waals surface area contributed by atoms with Crippen LogP contribution in [0.4, 0.5) is 5.95 Å². The third kappa shape index (κ3) is 4.61. The van der Waals surface area contributed by atoms with E-state index >= 15 is 0 Å². The molecule has 3 aromatic rings. The first-order valence-electron chi connectivity index (χ1n) is 10.3. The summed E-state index contributed by atoms with van der Waals surface area (Å²) in [5, 5.41) is 12.2. The predicted molar refractivity (Wildman–Crippen MR) is 121 cm³/mol. The quantitative estimate of drug-likeness (QED) is 0.300. The number of nitrogens with zero attached hydrogens (tertiary/aromatic N) is 3. The topological polar surface area (TPSA) is 113 Å². The molecule has 4 rings (SSSR count). The zero-order chi connectivity index (χ0) is 22.6. The molecule has 166 valence electrons. The molecule has 1 saturated heterocycles. The van der Waals surface area contributed by atoms with Gasteiger partial charge in [0.2, 0.25) is 5.95 Å². The van der Waals surface area contributed by atoms with Gasteiger partial charge in [-0.25, -0.2) is 15.4 Å². The second-order valence-electron chi connectivity index (χ2n) is 7.75. The lowest BCUT2D eigenvalue weighted by Gasteiger charge is -2.42. The molecule has 0 bridgehead atoms. The van der Waals surface area contributed by atoms with Gasteiger partial charge in [0.25, 0.3) is 5.91 Å². The molecule has 2 aromatic carbocycles. The Balaban J connectivity index is 1.55. The molecule has 1 fully saturated rings. The predicted octanol–water partition coefficient (Wildman–Crippen LogP) is 3.03.